The number of rotatable bonds is 10. The molecule has 0 atom stereocenters. The van der Waals surface area contributed by atoms with Crippen LogP contribution < -0.4 is 0 Å². The van der Waals surface area contributed by atoms with Gasteiger partial charge >= 0.3 is 11.9 Å². The number of carbonyl (C=O) groups is 2. The molecular formula is C46H56O8. The maximum absolute atomic E-state index is 12.4. The van der Waals surface area contributed by atoms with Crippen LogP contribution in [-0.2, 0) is 57.6 Å². The van der Waals surface area contributed by atoms with E-state index in [1.165, 1.54) is 0 Å². The zero-order valence-corrected chi connectivity index (χ0v) is 32.7. The normalized spacial score (nSPS) is 13.0. The van der Waals surface area contributed by atoms with Gasteiger partial charge in [0.1, 0.15) is 23.0 Å². The summed E-state index contributed by atoms with van der Waals surface area (Å²) in [5.74, 6) is -0.181. The minimum absolute atomic E-state index is 0.0281. The van der Waals surface area contributed by atoms with Crippen molar-refractivity contribution in [1.82, 2.24) is 0 Å². The van der Waals surface area contributed by atoms with Crippen LogP contribution in [0, 0.1) is 10.8 Å². The van der Waals surface area contributed by atoms with E-state index in [-0.39, 0.29) is 84.7 Å². The standard InChI is InChI=1S/C46H56O8/c1-45(2,3)17-13-39(47)53-19-15-29-21-35-25-31-9-7-11-33(41(31)49)27-37-23-30(16-20-54-40(48)14-18-46(4,5)6)24-38(44(37)52)28-34-12-8-10-32(42(34)50)26-36(22-29)43(35)51/h7-12,21-24,49-52H,13-20,25-28H2,1-6H3. The molecule has 0 heterocycles. The van der Waals surface area contributed by atoms with Gasteiger partial charge in [-0.25, -0.2) is 0 Å². The first-order valence-corrected chi connectivity index (χ1v) is 19.0. The molecule has 4 aromatic rings. The molecule has 0 radical (unpaired) electrons. The van der Waals surface area contributed by atoms with Crippen molar-refractivity contribution in [1.29, 1.82) is 0 Å². The summed E-state index contributed by atoms with van der Waals surface area (Å²) in [5.41, 5.74) is 6.60. The Morgan fingerprint density at radius 3 is 1.06 bits per heavy atom. The third-order valence-electron chi connectivity index (χ3n) is 10.1. The summed E-state index contributed by atoms with van der Waals surface area (Å²) in [6, 6.07) is 18.5. The van der Waals surface area contributed by atoms with E-state index in [9.17, 15) is 30.0 Å². The van der Waals surface area contributed by atoms with Crippen molar-refractivity contribution in [2.45, 2.75) is 106 Å². The van der Waals surface area contributed by atoms with Gasteiger partial charge in [0.05, 0.1) is 13.2 Å². The van der Waals surface area contributed by atoms with Gasteiger partial charge in [-0.1, -0.05) is 102 Å². The number of hydrogen-bond donors (Lipinski definition) is 4. The van der Waals surface area contributed by atoms with Crippen LogP contribution in [0.5, 0.6) is 23.0 Å². The fraction of sp³-hybridized carbons (Fsp3) is 0.435. The molecule has 288 valence electrons. The van der Waals surface area contributed by atoms with Crippen molar-refractivity contribution in [2.75, 3.05) is 13.2 Å². The molecule has 0 aromatic heterocycles. The van der Waals surface area contributed by atoms with Crippen LogP contribution in [0.4, 0.5) is 0 Å². The summed E-state index contributed by atoms with van der Waals surface area (Å²) in [6.07, 6.45) is 3.91. The molecule has 4 aromatic carbocycles. The van der Waals surface area contributed by atoms with Crippen LogP contribution in [0.3, 0.4) is 0 Å². The first-order chi connectivity index (χ1) is 25.5. The summed E-state index contributed by atoms with van der Waals surface area (Å²) in [7, 11) is 0. The molecule has 0 saturated carbocycles. The van der Waals surface area contributed by atoms with Crippen molar-refractivity contribution in [3.05, 3.63) is 116 Å². The Morgan fingerprint density at radius 1 is 0.500 bits per heavy atom. The van der Waals surface area contributed by atoms with E-state index in [2.05, 4.69) is 41.5 Å². The van der Waals surface area contributed by atoms with E-state index in [0.29, 0.717) is 70.2 Å². The Bertz CT molecular complexity index is 1740. The highest BCUT2D eigenvalue weighted by atomic mass is 16.5. The third-order valence-corrected chi connectivity index (χ3v) is 10.1. The Balaban J connectivity index is 1.48. The predicted molar refractivity (Wildman–Crippen MR) is 210 cm³/mol. The highest BCUT2D eigenvalue weighted by Crippen LogP contribution is 2.38. The van der Waals surface area contributed by atoms with Gasteiger partial charge in [-0.2, -0.15) is 0 Å². The Labute approximate surface area is 319 Å². The number of phenolic OH excluding ortho intramolecular Hbond substituents is 4. The highest BCUT2D eigenvalue weighted by Gasteiger charge is 2.21. The molecule has 8 bridgehead atoms. The lowest BCUT2D eigenvalue weighted by Gasteiger charge is -2.19. The first kappa shape index (κ1) is 40.2. The van der Waals surface area contributed by atoms with Crippen LogP contribution in [0.2, 0.25) is 0 Å². The molecule has 0 saturated heterocycles. The largest absolute Gasteiger partial charge is 0.507 e. The van der Waals surface area contributed by atoms with Gasteiger partial charge in [-0.15, -0.1) is 0 Å². The van der Waals surface area contributed by atoms with Gasteiger partial charge in [0, 0.05) is 51.4 Å². The second-order valence-corrected chi connectivity index (χ2v) is 17.1. The van der Waals surface area contributed by atoms with Crippen molar-refractivity contribution in [3.63, 3.8) is 0 Å². The molecule has 8 heteroatoms. The third kappa shape index (κ3) is 11.0. The second-order valence-electron chi connectivity index (χ2n) is 17.1. The summed E-state index contributed by atoms with van der Waals surface area (Å²) in [5, 5.41) is 46.4. The van der Waals surface area contributed by atoms with E-state index >= 15 is 0 Å². The van der Waals surface area contributed by atoms with Crippen molar-refractivity contribution >= 4 is 11.9 Å². The summed E-state index contributed by atoms with van der Waals surface area (Å²) >= 11 is 0. The minimum atomic E-state index is -0.243. The van der Waals surface area contributed by atoms with Gasteiger partial charge in [-0.3, -0.25) is 9.59 Å². The second kappa shape index (κ2) is 17.0. The van der Waals surface area contributed by atoms with Gasteiger partial charge in [0.15, 0.2) is 0 Å². The number of benzene rings is 4. The number of carbonyl (C=O) groups excluding carboxylic acids is 2. The van der Waals surface area contributed by atoms with Crippen LogP contribution in [0.1, 0.15) is 123 Å². The average molecular weight is 737 g/mol. The van der Waals surface area contributed by atoms with Crippen LogP contribution in [-0.4, -0.2) is 45.6 Å². The minimum Gasteiger partial charge on any atom is -0.507 e. The smallest absolute Gasteiger partial charge is 0.305 e. The van der Waals surface area contributed by atoms with Crippen molar-refractivity contribution in [3.8, 4) is 23.0 Å². The summed E-state index contributed by atoms with van der Waals surface area (Å²) in [4.78, 5) is 24.9. The molecule has 0 aliphatic heterocycles. The Morgan fingerprint density at radius 2 is 0.778 bits per heavy atom. The van der Waals surface area contributed by atoms with E-state index in [4.69, 9.17) is 9.47 Å². The Kier molecular flexibility index (Phi) is 12.7. The van der Waals surface area contributed by atoms with E-state index in [1.54, 1.807) is 0 Å². The zero-order valence-electron chi connectivity index (χ0n) is 32.7. The lowest BCUT2D eigenvalue weighted by Crippen LogP contribution is -2.13. The van der Waals surface area contributed by atoms with Crippen molar-refractivity contribution < 1.29 is 39.5 Å². The molecule has 1 aliphatic rings. The molecule has 8 nitrogen and oxygen atoms in total. The highest BCUT2D eigenvalue weighted by molar-refractivity contribution is 5.69. The van der Waals surface area contributed by atoms with E-state index in [0.717, 1.165) is 24.0 Å². The lowest BCUT2D eigenvalue weighted by atomic mass is 9.89. The molecule has 0 fully saturated rings. The Hall–Kier alpha value is -4.98. The van der Waals surface area contributed by atoms with Gasteiger partial charge in [-0.05, 0) is 79.3 Å². The summed E-state index contributed by atoms with van der Waals surface area (Å²) in [6.45, 7) is 12.9. The maximum Gasteiger partial charge on any atom is 0.305 e. The lowest BCUT2D eigenvalue weighted by molar-refractivity contribution is -0.145. The van der Waals surface area contributed by atoms with Crippen LogP contribution in [0.25, 0.3) is 0 Å². The van der Waals surface area contributed by atoms with Gasteiger partial charge < -0.3 is 29.9 Å². The molecule has 5 rings (SSSR count). The van der Waals surface area contributed by atoms with E-state index in [1.807, 2.05) is 60.7 Å². The first-order valence-electron chi connectivity index (χ1n) is 19.0. The molecule has 0 spiro atoms. The molecule has 4 N–H and O–H groups in total. The van der Waals surface area contributed by atoms with Crippen LogP contribution >= 0.6 is 0 Å². The molecule has 0 amide bonds. The molecular weight excluding hydrogens is 680 g/mol. The SMILES string of the molecule is CC(C)(C)CCC(=O)OCCc1cc2c(O)c(c1)Cc1cccc(c1O)Cc1cc(CCOC(=O)CCC(C)(C)C)cc(c1O)Cc1cccc(c1O)C2. The molecule has 54 heavy (non-hydrogen) atoms. The number of phenols is 4. The summed E-state index contributed by atoms with van der Waals surface area (Å²) < 4.78 is 11.1. The number of aromatic hydroxyl groups is 4. The number of hydrogen-bond acceptors (Lipinski definition) is 8. The number of fused-ring (bicyclic) bond motifs is 8. The number of ether oxygens (including phenoxy) is 2. The quantitative estimate of drug-likeness (QED) is 0.104. The fourth-order valence-electron chi connectivity index (χ4n) is 6.84. The number of para-hydroxylation sites is 2. The predicted octanol–water partition coefficient (Wildman–Crippen LogP) is 9.01. The molecule has 0 unspecified atom stereocenters. The van der Waals surface area contributed by atoms with Gasteiger partial charge in [0.2, 0.25) is 0 Å². The van der Waals surface area contributed by atoms with Crippen LogP contribution in [0.15, 0.2) is 60.7 Å². The monoisotopic (exact) mass is 736 g/mol. The number of esters is 2. The zero-order chi connectivity index (χ0) is 39.2. The van der Waals surface area contributed by atoms with E-state index < -0.39 is 0 Å². The molecule has 1 aliphatic carbocycles. The average Bonchev–Trinajstić information content (AvgIpc) is 3.09. The van der Waals surface area contributed by atoms with Crippen molar-refractivity contribution in [2.24, 2.45) is 10.8 Å². The topological polar surface area (TPSA) is 134 Å². The maximum atomic E-state index is 12.4. The fourth-order valence-corrected chi connectivity index (χ4v) is 6.84. The van der Waals surface area contributed by atoms with Gasteiger partial charge in [0.25, 0.3) is 0 Å².